The van der Waals surface area contributed by atoms with E-state index < -0.39 is 17.8 Å². The van der Waals surface area contributed by atoms with Crippen LogP contribution in [0.5, 0.6) is 17.2 Å². The van der Waals surface area contributed by atoms with Gasteiger partial charge in [-0.3, -0.25) is 14.9 Å². The first-order valence-electron chi connectivity index (χ1n) is 11.9. The highest BCUT2D eigenvalue weighted by atomic mass is 16.5. The molecule has 190 valence electrons. The predicted molar refractivity (Wildman–Crippen MR) is 140 cm³/mol. The largest absolute Gasteiger partial charge is 0.490 e. The molecule has 0 atom stereocenters. The van der Waals surface area contributed by atoms with Crippen molar-refractivity contribution in [2.24, 2.45) is 0 Å². The zero-order valence-corrected chi connectivity index (χ0v) is 20.9. The Bertz CT molecular complexity index is 1360. The fourth-order valence-corrected chi connectivity index (χ4v) is 3.85. The topological polar surface area (TPSA) is 94.2 Å². The Morgan fingerprint density at radius 2 is 1.57 bits per heavy atom. The number of nitrogens with one attached hydrogen (secondary N) is 1. The third-order valence-electron chi connectivity index (χ3n) is 5.63. The quantitative estimate of drug-likeness (QED) is 0.257. The van der Waals surface area contributed by atoms with Crippen LogP contribution in [0.1, 0.15) is 23.6 Å². The average Bonchev–Trinajstić information content (AvgIpc) is 2.86. The Hall–Kier alpha value is -4.59. The van der Waals surface area contributed by atoms with Crippen LogP contribution in [0.2, 0.25) is 0 Å². The summed E-state index contributed by atoms with van der Waals surface area (Å²) in [5, 5.41) is 2.24. The van der Waals surface area contributed by atoms with Gasteiger partial charge in [-0.25, -0.2) is 9.69 Å². The number of urea groups is 1. The average molecular weight is 501 g/mol. The highest BCUT2D eigenvalue weighted by Gasteiger charge is 2.36. The molecule has 1 N–H and O–H groups in total. The molecule has 3 aromatic carbocycles. The van der Waals surface area contributed by atoms with Crippen molar-refractivity contribution in [1.29, 1.82) is 0 Å². The van der Waals surface area contributed by atoms with Gasteiger partial charge in [0.2, 0.25) is 0 Å². The van der Waals surface area contributed by atoms with Crippen LogP contribution in [0.3, 0.4) is 0 Å². The molecule has 4 amide bonds. The van der Waals surface area contributed by atoms with Crippen molar-refractivity contribution in [2.45, 2.75) is 20.8 Å². The second-order valence-electron chi connectivity index (χ2n) is 8.40. The predicted octanol–water partition coefficient (Wildman–Crippen LogP) is 4.83. The maximum atomic E-state index is 13.2. The molecular formula is C29H28N2O6. The van der Waals surface area contributed by atoms with Crippen molar-refractivity contribution in [1.82, 2.24) is 5.32 Å². The Labute approximate surface area is 215 Å². The van der Waals surface area contributed by atoms with E-state index in [2.05, 4.69) is 5.32 Å². The molecule has 1 aliphatic rings. The summed E-state index contributed by atoms with van der Waals surface area (Å²) in [4.78, 5) is 39.1. The molecule has 4 rings (SSSR count). The molecule has 3 aromatic rings. The van der Waals surface area contributed by atoms with Gasteiger partial charge in [-0.05, 0) is 73.9 Å². The lowest BCUT2D eigenvalue weighted by molar-refractivity contribution is -0.122. The molecule has 0 aromatic heterocycles. The number of benzene rings is 3. The van der Waals surface area contributed by atoms with Crippen LogP contribution in [-0.4, -0.2) is 37.7 Å². The van der Waals surface area contributed by atoms with Crippen LogP contribution >= 0.6 is 0 Å². The van der Waals surface area contributed by atoms with E-state index in [0.717, 1.165) is 21.8 Å². The first kappa shape index (κ1) is 25.5. The minimum Gasteiger partial charge on any atom is -0.490 e. The lowest BCUT2D eigenvalue weighted by atomic mass is 10.1. The van der Waals surface area contributed by atoms with E-state index >= 15 is 0 Å². The molecule has 1 aliphatic heterocycles. The number of carbonyl (C=O) groups excluding carboxylic acids is 3. The Morgan fingerprint density at radius 3 is 2.30 bits per heavy atom. The lowest BCUT2D eigenvalue weighted by Crippen LogP contribution is -2.54. The highest BCUT2D eigenvalue weighted by Crippen LogP contribution is 2.30. The molecule has 1 fully saturated rings. The smallest absolute Gasteiger partial charge is 0.335 e. The number of aryl methyl sites for hydroxylation is 2. The monoisotopic (exact) mass is 500 g/mol. The van der Waals surface area contributed by atoms with Gasteiger partial charge in [-0.15, -0.1) is 0 Å². The van der Waals surface area contributed by atoms with Crippen LogP contribution in [0.4, 0.5) is 10.5 Å². The maximum absolute atomic E-state index is 13.2. The van der Waals surface area contributed by atoms with E-state index in [1.807, 2.05) is 51.1 Å². The van der Waals surface area contributed by atoms with Crippen LogP contribution in [-0.2, 0) is 9.59 Å². The number of imide groups is 2. The van der Waals surface area contributed by atoms with Gasteiger partial charge >= 0.3 is 6.03 Å². The number of anilines is 1. The van der Waals surface area contributed by atoms with Gasteiger partial charge < -0.3 is 14.2 Å². The van der Waals surface area contributed by atoms with Gasteiger partial charge in [0, 0.05) is 0 Å². The molecule has 1 heterocycles. The van der Waals surface area contributed by atoms with E-state index in [0.29, 0.717) is 42.6 Å². The van der Waals surface area contributed by atoms with Crippen molar-refractivity contribution in [3.05, 3.63) is 89.0 Å². The zero-order chi connectivity index (χ0) is 26.4. The van der Waals surface area contributed by atoms with Crippen molar-refractivity contribution in [2.75, 3.05) is 24.7 Å². The number of para-hydroxylation sites is 1. The molecule has 8 nitrogen and oxygen atoms in total. The van der Waals surface area contributed by atoms with Crippen molar-refractivity contribution < 1.29 is 28.6 Å². The molecule has 0 radical (unpaired) electrons. The van der Waals surface area contributed by atoms with E-state index in [-0.39, 0.29) is 5.57 Å². The second-order valence-corrected chi connectivity index (χ2v) is 8.40. The summed E-state index contributed by atoms with van der Waals surface area (Å²) in [6, 6.07) is 19.0. The summed E-state index contributed by atoms with van der Waals surface area (Å²) in [7, 11) is 0. The van der Waals surface area contributed by atoms with Crippen LogP contribution in [0.25, 0.3) is 6.08 Å². The van der Waals surface area contributed by atoms with E-state index in [4.69, 9.17) is 14.2 Å². The third-order valence-corrected chi connectivity index (χ3v) is 5.63. The molecule has 1 saturated heterocycles. The van der Waals surface area contributed by atoms with Gasteiger partial charge in [0.1, 0.15) is 24.5 Å². The number of nitrogens with zero attached hydrogens (tertiary/aromatic N) is 1. The summed E-state index contributed by atoms with van der Waals surface area (Å²) in [6.45, 7) is 6.71. The summed E-state index contributed by atoms with van der Waals surface area (Å²) in [5.74, 6) is 0.305. The number of hydrogen-bond acceptors (Lipinski definition) is 6. The lowest BCUT2D eigenvalue weighted by Gasteiger charge is -2.26. The molecular weight excluding hydrogens is 472 g/mol. The zero-order valence-electron chi connectivity index (χ0n) is 20.9. The first-order chi connectivity index (χ1) is 17.9. The van der Waals surface area contributed by atoms with Crippen molar-refractivity contribution >= 4 is 29.6 Å². The van der Waals surface area contributed by atoms with Gasteiger partial charge in [-0.1, -0.05) is 36.4 Å². The number of rotatable bonds is 9. The Morgan fingerprint density at radius 1 is 0.811 bits per heavy atom. The fraction of sp³-hybridized carbons (Fsp3) is 0.207. The SMILES string of the molecule is CCOc1cc(/C=C2\C(=O)NC(=O)N(c3cccc(C)c3)C2=O)ccc1OCCOc1ccccc1C. The normalized spacial score (nSPS) is 14.5. The minimum absolute atomic E-state index is 0.163. The van der Waals surface area contributed by atoms with Gasteiger partial charge in [0.25, 0.3) is 11.8 Å². The summed E-state index contributed by atoms with van der Waals surface area (Å²) in [6.07, 6.45) is 1.43. The molecule has 0 bridgehead atoms. The van der Waals surface area contributed by atoms with Gasteiger partial charge in [0.05, 0.1) is 12.3 Å². The van der Waals surface area contributed by atoms with Crippen LogP contribution in [0.15, 0.2) is 72.3 Å². The summed E-state index contributed by atoms with van der Waals surface area (Å²) < 4.78 is 17.4. The summed E-state index contributed by atoms with van der Waals surface area (Å²) in [5.41, 5.74) is 2.68. The number of carbonyl (C=O) groups is 3. The Balaban J connectivity index is 1.51. The van der Waals surface area contributed by atoms with Crippen LogP contribution in [0, 0.1) is 13.8 Å². The van der Waals surface area contributed by atoms with Gasteiger partial charge in [-0.2, -0.15) is 0 Å². The van der Waals surface area contributed by atoms with Gasteiger partial charge in [0.15, 0.2) is 11.5 Å². The standard InChI is InChI=1S/C29H28N2O6/c1-4-35-26-18-21(12-13-25(26)37-15-14-36-24-11-6-5-9-20(24)3)17-23-27(32)30-29(34)31(28(23)33)22-10-7-8-19(2)16-22/h5-13,16-18H,4,14-15H2,1-3H3,(H,30,32,34)/b23-17+. The number of hydrogen-bond donors (Lipinski definition) is 1. The fourth-order valence-electron chi connectivity index (χ4n) is 3.85. The van der Waals surface area contributed by atoms with E-state index in [1.54, 1.807) is 36.4 Å². The number of amides is 4. The molecule has 0 aliphatic carbocycles. The number of ether oxygens (including phenoxy) is 3. The molecule has 0 unspecified atom stereocenters. The van der Waals surface area contributed by atoms with E-state index in [1.165, 1.54) is 6.08 Å². The minimum atomic E-state index is -0.788. The van der Waals surface area contributed by atoms with Crippen molar-refractivity contribution in [3.8, 4) is 17.2 Å². The van der Waals surface area contributed by atoms with E-state index in [9.17, 15) is 14.4 Å². The molecule has 8 heteroatoms. The van der Waals surface area contributed by atoms with Crippen molar-refractivity contribution in [3.63, 3.8) is 0 Å². The third kappa shape index (κ3) is 5.98. The maximum Gasteiger partial charge on any atom is 0.335 e. The Kier molecular flexibility index (Phi) is 7.88. The first-order valence-corrected chi connectivity index (χ1v) is 11.9. The highest BCUT2D eigenvalue weighted by molar-refractivity contribution is 6.39. The number of barbiturate groups is 1. The van der Waals surface area contributed by atoms with Crippen LogP contribution < -0.4 is 24.4 Å². The summed E-state index contributed by atoms with van der Waals surface area (Å²) >= 11 is 0. The molecule has 37 heavy (non-hydrogen) atoms. The second kappa shape index (κ2) is 11.4. The molecule has 0 saturated carbocycles. The molecule has 0 spiro atoms.